The molecule has 2 heterocycles. The van der Waals surface area contributed by atoms with E-state index in [0.29, 0.717) is 33.9 Å². The van der Waals surface area contributed by atoms with Gasteiger partial charge in [-0.3, -0.25) is 14.2 Å². The van der Waals surface area contributed by atoms with Gasteiger partial charge in [0.15, 0.2) is 5.82 Å². The average molecular weight is 444 g/mol. The van der Waals surface area contributed by atoms with Crippen molar-refractivity contribution in [3.63, 3.8) is 0 Å². The van der Waals surface area contributed by atoms with Crippen LogP contribution in [0.5, 0.6) is 0 Å². The zero-order valence-electron chi connectivity index (χ0n) is 17.8. The maximum atomic E-state index is 13.0. The molecule has 4 aromatic rings. The second-order valence-corrected chi connectivity index (χ2v) is 7.82. The number of para-hydroxylation sites is 2. The Kier molecular flexibility index (Phi) is 5.21. The number of nitrogens with one attached hydrogen (secondary N) is 1. The van der Waals surface area contributed by atoms with Crippen LogP contribution < -0.4 is 10.9 Å². The molecular formula is C24H20N4O5. The van der Waals surface area contributed by atoms with E-state index >= 15 is 0 Å². The van der Waals surface area contributed by atoms with Crippen LogP contribution >= 0.6 is 0 Å². The number of hydrogen-bond donors (Lipinski definition) is 1. The molecule has 2 aromatic heterocycles. The predicted molar refractivity (Wildman–Crippen MR) is 120 cm³/mol. The molecule has 1 saturated carbocycles. The SMILES string of the molecule is COC(=O)c1ccccc1NC(=O)Cn1c(=O)cc(-c2nc(C3CC3)no2)c2ccccc21. The van der Waals surface area contributed by atoms with Crippen LogP contribution in [0.4, 0.5) is 5.69 Å². The van der Waals surface area contributed by atoms with Crippen LogP contribution in [-0.4, -0.2) is 33.7 Å². The minimum absolute atomic E-state index is 0.226. The van der Waals surface area contributed by atoms with E-state index < -0.39 is 11.9 Å². The zero-order chi connectivity index (χ0) is 22.9. The zero-order valence-corrected chi connectivity index (χ0v) is 17.8. The number of rotatable bonds is 6. The molecule has 0 spiro atoms. The van der Waals surface area contributed by atoms with Gasteiger partial charge in [-0.15, -0.1) is 0 Å². The lowest BCUT2D eigenvalue weighted by Gasteiger charge is -2.13. The molecule has 0 bridgehead atoms. The molecule has 1 N–H and O–H groups in total. The lowest BCUT2D eigenvalue weighted by Crippen LogP contribution is -2.28. The largest absolute Gasteiger partial charge is 0.465 e. The number of carbonyl (C=O) groups excluding carboxylic acids is 2. The highest BCUT2D eigenvalue weighted by molar-refractivity contribution is 6.01. The van der Waals surface area contributed by atoms with Gasteiger partial charge in [0.25, 0.3) is 11.4 Å². The van der Waals surface area contributed by atoms with E-state index in [1.807, 2.05) is 12.1 Å². The Labute approximate surface area is 188 Å². The molecule has 0 unspecified atom stereocenters. The summed E-state index contributed by atoms with van der Waals surface area (Å²) in [7, 11) is 1.27. The number of hydrogen-bond acceptors (Lipinski definition) is 7. The Balaban J connectivity index is 1.48. The first-order chi connectivity index (χ1) is 16.0. The van der Waals surface area contributed by atoms with Crippen molar-refractivity contribution in [2.24, 2.45) is 0 Å². The fourth-order valence-corrected chi connectivity index (χ4v) is 3.74. The van der Waals surface area contributed by atoms with Gasteiger partial charge in [0.2, 0.25) is 5.91 Å². The smallest absolute Gasteiger partial charge is 0.339 e. The van der Waals surface area contributed by atoms with Crippen LogP contribution in [0.1, 0.15) is 34.9 Å². The van der Waals surface area contributed by atoms with Gasteiger partial charge in [-0.05, 0) is 31.0 Å². The Hall–Kier alpha value is -4.27. The summed E-state index contributed by atoms with van der Waals surface area (Å²) in [5.74, 6) is 0.240. The summed E-state index contributed by atoms with van der Waals surface area (Å²) in [4.78, 5) is 42.3. The van der Waals surface area contributed by atoms with Gasteiger partial charge in [0.1, 0.15) is 6.54 Å². The van der Waals surface area contributed by atoms with Crippen molar-refractivity contribution in [1.82, 2.24) is 14.7 Å². The summed E-state index contributed by atoms with van der Waals surface area (Å²) in [5.41, 5.74) is 1.24. The summed E-state index contributed by atoms with van der Waals surface area (Å²) in [6.07, 6.45) is 2.07. The molecule has 2 aromatic carbocycles. The van der Waals surface area contributed by atoms with Crippen LogP contribution in [0.2, 0.25) is 0 Å². The highest BCUT2D eigenvalue weighted by Gasteiger charge is 2.29. The number of carbonyl (C=O) groups is 2. The Morgan fingerprint density at radius 3 is 2.70 bits per heavy atom. The molecule has 0 atom stereocenters. The first-order valence-corrected chi connectivity index (χ1v) is 10.5. The number of aromatic nitrogens is 3. The first-order valence-electron chi connectivity index (χ1n) is 10.5. The summed E-state index contributed by atoms with van der Waals surface area (Å²) in [6, 6.07) is 15.1. The number of esters is 1. The summed E-state index contributed by atoms with van der Waals surface area (Å²) < 4.78 is 11.6. The van der Waals surface area contributed by atoms with Crippen molar-refractivity contribution in [3.8, 4) is 11.5 Å². The fraction of sp³-hybridized carbons (Fsp3) is 0.208. The number of anilines is 1. The van der Waals surface area contributed by atoms with Gasteiger partial charge >= 0.3 is 5.97 Å². The van der Waals surface area contributed by atoms with E-state index in [2.05, 4.69) is 15.5 Å². The third kappa shape index (κ3) is 4.00. The number of nitrogens with zero attached hydrogens (tertiary/aromatic N) is 3. The minimum atomic E-state index is -0.567. The summed E-state index contributed by atoms with van der Waals surface area (Å²) in [5, 5.41) is 7.45. The van der Waals surface area contributed by atoms with Crippen molar-refractivity contribution in [2.45, 2.75) is 25.3 Å². The topological polar surface area (TPSA) is 116 Å². The molecule has 1 aliphatic carbocycles. The predicted octanol–water partition coefficient (Wildman–Crippen LogP) is 3.35. The molecule has 166 valence electrons. The lowest BCUT2D eigenvalue weighted by molar-refractivity contribution is -0.116. The third-order valence-corrected chi connectivity index (χ3v) is 5.54. The quantitative estimate of drug-likeness (QED) is 0.453. The number of pyridine rings is 1. The highest BCUT2D eigenvalue weighted by atomic mass is 16.5. The van der Waals surface area contributed by atoms with Crippen molar-refractivity contribution >= 4 is 28.5 Å². The molecule has 5 rings (SSSR count). The van der Waals surface area contributed by atoms with Gasteiger partial charge in [0, 0.05) is 17.4 Å². The van der Waals surface area contributed by atoms with E-state index in [-0.39, 0.29) is 23.6 Å². The number of fused-ring (bicyclic) bond motifs is 1. The molecular weight excluding hydrogens is 424 g/mol. The van der Waals surface area contributed by atoms with Crippen molar-refractivity contribution in [1.29, 1.82) is 0 Å². The molecule has 1 aliphatic rings. The van der Waals surface area contributed by atoms with Crippen molar-refractivity contribution in [2.75, 3.05) is 12.4 Å². The Morgan fingerprint density at radius 1 is 1.15 bits per heavy atom. The van der Waals surface area contributed by atoms with Crippen LogP contribution in [0, 0.1) is 0 Å². The first kappa shape index (κ1) is 20.6. The molecule has 9 nitrogen and oxygen atoms in total. The molecule has 1 fully saturated rings. The molecule has 0 saturated heterocycles. The number of methoxy groups -OCH3 is 1. The van der Waals surface area contributed by atoms with Gasteiger partial charge in [0.05, 0.1) is 29.4 Å². The monoisotopic (exact) mass is 444 g/mol. The van der Waals surface area contributed by atoms with Crippen molar-refractivity contribution in [3.05, 3.63) is 76.3 Å². The maximum Gasteiger partial charge on any atom is 0.339 e. The molecule has 33 heavy (non-hydrogen) atoms. The highest BCUT2D eigenvalue weighted by Crippen LogP contribution is 2.39. The van der Waals surface area contributed by atoms with Crippen LogP contribution in [0.15, 0.2) is 63.9 Å². The second kappa shape index (κ2) is 8.34. The van der Waals surface area contributed by atoms with Gasteiger partial charge in [-0.2, -0.15) is 4.98 Å². The number of ether oxygens (including phenoxy) is 1. The molecule has 1 amide bonds. The van der Waals surface area contributed by atoms with E-state index in [1.54, 1.807) is 36.4 Å². The average Bonchev–Trinajstić information content (AvgIpc) is 3.57. The number of amides is 1. The van der Waals surface area contributed by atoms with Crippen LogP contribution in [0.25, 0.3) is 22.4 Å². The number of benzene rings is 2. The van der Waals surface area contributed by atoms with E-state index in [4.69, 9.17) is 9.26 Å². The van der Waals surface area contributed by atoms with Gasteiger partial charge in [-0.1, -0.05) is 35.5 Å². The Morgan fingerprint density at radius 2 is 1.91 bits per heavy atom. The van der Waals surface area contributed by atoms with E-state index in [1.165, 1.54) is 17.7 Å². The molecule has 0 aliphatic heterocycles. The minimum Gasteiger partial charge on any atom is -0.465 e. The fourth-order valence-electron chi connectivity index (χ4n) is 3.74. The summed E-state index contributed by atoms with van der Waals surface area (Å²) in [6.45, 7) is -0.244. The standard InChI is InChI=1S/C24H20N4O5/c1-32-24(31)16-7-2-4-8-18(16)25-20(29)13-28-19-9-5-3-6-15(19)17(12-21(28)30)23-26-22(27-33-23)14-10-11-14/h2-9,12,14H,10-11,13H2,1H3,(H,25,29). The van der Waals surface area contributed by atoms with Gasteiger partial charge in [-0.25, -0.2) is 4.79 Å². The van der Waals surface area contributed by atoms with Crippen LogP contribution in [0.3, 0.4) is 0 Å². The Bertz CT molecular complexity index is 1430. The van der Waals surface area contributed by atoms with E-state index in [9.17, 15) is 14.4 Å². The molecule has 9 heteroatoms. The van der Waals surface area contributed by atoms with Crippen molar-refractivity contribution < 1.29 is 18.8 Å². The van der Waals surface area contributed by atoms with E-state index in [0.717, 1.165) is 12.8 Å². The molecule has 0 radical (unpaired) electrons. The lowest BCUT2D eigenvalue weighted by atomic mass is 10.1. The second-order valence-electron chi connectivity index (χ2n) is 7.82. The van der Waals surface area contributed by atoms with Crippen LogP contribution in [-0.2, 0) is 16.1 Å². The summed E-state index contributed by atoms with van der Waals surface area (Å²) >= 11 is 0. The third-order valence-electron chi connectivity index (χ3n) is 5.54. The normalized spacial score (nSPS) is 13.1. The van der Waals surface area contributed by atoms with Gasteiger partial charge < -0.3 is 14.6 Å². The maximum absolute atomic E-state index is 13.0.